The van der Waals surface area contributed by atoms with Crippen molar-refractivity contribution in [2.45, 2.75) is 38.2 Å². The quantitative estimate of drug-likeness (QED) is 0.718. The largest absolute Gasteiger partial charge is 0.370 e. The lowest BCUT2D eigenvalue weighted by Gasteiger charge is -2.22. The molecule has 1 saturated heterocycles. The fourth-order valence-electron chi connectivity index (χ4n) is 1.88. The number of nitrogens with one attached hydrogen (secondary N) is 1. The van der Waals surface area contributed by atoms with Crippen molar-refractivity contribution in [2.24, 2.45) is 5.92 Å². The Hall–Kier alpha value is -0.410. The molecule has 3 nitrogen and oxygen atoms in total. The van der Waals surface area contributed by atoms with Crippen LogP contribution >= 0.6 is 0 Å². The lowest BCUT2D eigenvalue weighted by molar-refractivity contribution is -0.126. The van der Waals surface area contributed by atoms with Gasteiger partial charge in [-0.05, 0) is 44.7 Å². The Balaban J connectivity index is 1.57. The summed E-state index contributed by atoms with van der Waals surface area (Å²) < 4.78 is 5.58. The zero-order valence-corrected chi connectivity index (χ0v) is 8.63. The van der Waals surface area contributed by atoms with Crippen LogP contribution in [0.2, 0.25) is 0 Å². The van der Waals surface area contributed by atoms with Gasteiger partial charge in [-0.25, -0.2) is 0 Å². The lowest BCUT2D eigenvalue weighted by atomic mass is 10.1. The number of ether oxygens (including phenoxy) is 1. The third-order valence-corrected chi connectivity index (χ3v) is 2.98. The van der Waals surface area contributed by atoms with E-state index < -0.39 is 0 Å². The van der Waals surface area contributed by atoms with Crippen molar-refractivity contribution < 1.29 is 9.53 Å². The monoisotopic (exact) mass is 197 g/mol. The summed E-state index contributed by atoms with van der Waals surface area (Å²) in [6.45, 7) is 2.41. The molecule has 2 rings (SSSR count). The molecule has 1 aliphatic carbocycles. The first-order chi connectivity index (χ1) is 6.84. The molecule has 0 aromatic heterocycles. The van der Waals surface area contributed by atoms with Crippen LogP contribution in [-0.2, 0) is 9.53 Å². The Labute approximate surface area is 85.2 Å². The Bertz CT molecular complexity index is 195. The number of carbonyl (C=O) groups excluding carboxylic acids is 1. The fourth-order valence-corrected chi connectivity index (χ4v) is 1.88. The topological polar surface area (TPSA) is 38.3 Å². The van der Waals surface area contributed by atoms with E-state index in [1.807, 2.05) is 0 Å². The molecule has 1 saturated carbocycles. The SMILES string of the molecule is O=C(COC1CCNCC1)CC1CC1. The molecule has 2 fully saturated rings. The van der Waals surface area contributed by atoms with Crippen LogP contribution in [0.4, 0.5) is 0 Å². The molecule has 0 spiro atoms. The molecule has 1 N–H and O–H groups in total. The van der Waals surface area contributed by atoms with E-state index in [2.05, 4.69) is 5.32 Å². The number of piperidine rings is 1. The van der Waals surface area contributed by atoms with E-state index in [1.165, 1.54) is 12.8 Å². The number of hydrogen-bond donors (Lipinski definition) is 1. The molecule has 1 aliphatic heterocycles. The third kappa shape index (κ3) is 3.39. The molecule has 0 atom stereocenters. The first-order valence-electron chi connectivity index (χ1n) is 5.68. The van der Waals surface area contributed by atoms with E-state index in [4.69, 9.17) is 4.74 Å². The zero-order valence-electron chi connectivity index (χ0n) is 8.63. The lowest BCUT2D eigenvalue weighted by Crippen LogP contribution is -2.33. The average Bonchev–Trinajstić information content (AvgIpc) is 3.00. The Morgan fingerprint density at radius 1 is 1.21 bits per heavy atom. The van der Waals surface area contributed by atoms with E-state index in [9.17, 15) is 4.79 Å². The predicted octanol–water partition coefficient (Wildman–Crippen LogP) is 1.12. The first kappa shape index (κ1) is 10.1. The molecule has 0 unspecified atom stereocenters. The van der Waals surface area contributed by atoms with Crippen molar-refractivity contribution in [3.63, 3.8) is 0 Å². The van der Waals surface area contributed by atoms with Gasteiger partial charge in [0.15, 0.2) is 5.78 Å². The maximum atomic E-state index is 11.4. The van der Waals surface area contributed by atoms with E-state index in [-0.39, 0.29) is 0 Å². The molecule has 0 radical (unpaired) electrons. The second-order valence-corrected chi connectivity index (χ2v) is 4.45. The van der Waals surface area contributed by atoms with Gasteiger partial charge in [-0.3, -0.25) is 4.79 Å². The van der Waals surface area contributed by atoms with Crippen molar-refractivity contribution >= 4 is 5.78 Å². The van der Waals surface area contributed by atoms with Crippen LogP contribution in [-0.4, -0.2) is 31.6 Å². The zero-order chi connectivity index (χ0) is 9.80. The molecule has 0 bridgehead atoms. The molecular formula is C11H19NO2. The van der Waals surface area contributed by atoms with Crippen LogP contribution < -0.4 is 5.32 Å². The smallest absolute Gasteiger partial charge is 0.158 e. The van der Waals surface area contributed by atoms with Crippen molar-refractivity contribution in [1.29, 1.82) is 0 Å². The number of hydrogen-bond acceptors (Lipinski definition) is 3. The molecule has 0 amide bonds. The van der Waals surface area contributed by atoms with Crippen LogP contribution in [0.3, 0.4) is 0 Å². The highest BCUT2D eigenvalue weighted by Crippen LogP contribution is 2.32. The van der Waals surface area contributed by atoms with Crippen LogP contribution in [0.25, 0.3) is 0 Å². The summed E-state index contributed by atoms with van der Waals surface area (Å²) >= 11 is 0. The maximum Gasteiger partial charge on any atom is 0.158 e. The standard InChI is InChI=1S/C11H19NO2/c13-10(7-9-1-2-9)8-14-11-3-5-12-6-4-11/h9,11-12H,1-8H2. The minimum atomic E-state index is 0.297. The van der Waals surface area contributed by atoms with Crippen LogP contribution in [0.5, 0.6) is 0 Å². The number of Topliss-reactive ketones (excluding diaryl/α,β-unsaturated/α-hetero) is 1. The number of rotatable bonds is 5. The molecule has 3 heteroatoms. The fraction of sp³-hybridized carbons (Fsp3) is 0.909. The van der Waals surface area contributed by atoms with Gasteiger partial charge in [0, 0.05) is 6.42 Å². The van der Waals surface area contributed by atoms with E-state index >= 15 is 0 Å². The Kier molecular flexibility index (Phi) is 3.54. The summed E-state index contributed by atoms with van der Waals surface area (Å²) in [5.41, 5.74) is 0. The average molecular weight is 197 g/mol. The van der Waals surface area contributed by atoms with Crippen LogP contribution in [0.15, 0.2) is 0 Å². The van der Waals surface area contributed by atoms with Gasteiger partial charge in [-0.1, -0.05) is 0 Å². The minimum absolute atomic E-state index is 0.297. The van der Waals surface area contributed by atoms with E-state index in [0.717, 1.165) is 32.4 Å². The van der Waals surface area contributed by atoms with Crippen molar-refractivity contribution in [2.75, 3.05) is 19.7 Å². The van der Waals surface area contributed by atoms with Crippen LogP contribution in [0.1, 0.15) is 32.1 Å². The van der Waals surface area contributed by atoms with E-state index in [1.54, 1.807) is 0 Å². The molecule has 80 valence electrons. The summed E-state index contributed by atoms with van der Waals surface area (Å²) in [6.07, 6.45) is 5.68. The molecule has 1 heterocycles. The highest BCUT2D eigenvalue weighted by Gasteiger charge is 2.24. The highest BCUT2D eigenvalue weighted by molar-refractivity contribution is 5.80. The summed E-state index contributed by atoms with van der Waals surface area (Å²) in [4.78, 5) is 11.4. The number of carbonyl (C=O) groups is 1. The highest BCUT2D eigenvalue weighted by atomic mass is 16.5. The maximum absolute atomic E-state index is 11.4. The third-order valence-electron chi connectivity index (χ3n) is 2.98. The molecule has 0 aromatic carbocycles. The molecule has 2 aliphatic rings. The van der Waals surface area contributed by atoms with Crippen molar-refractivity contribution in [1.82, 2.24) is 5.32 Å². The molecule has 14 heavy (non-hydrogen) atoms. The normalized spacial score (nSPS) is 23.7. The van der Waals surface area contributed by atoms with Gasteiger partial charge >= 0.3 is 0 Å². The van der Waals surface area contributed by atoms with Gasteiger partial charge < -0.3 is 10.1 Å². The molecule has 0 aromatic rings. The molecular weight excluding hydrogens is 178 g/mol. The Morgan fingerprint density at radius 3 is 2.57 bits per heavy atom. The second-order valence-electron chi connectivity index (χ2n) is 4.45. The van der Waals surface area contributed by atoms with Gasteiger partial charge in [0.1, 0.15) is 6.61 Å². The van der Waals surface area contributed by atoms with Crippen molar-refractivity contribution in [3.05, 3.63) is 0 Å². The van der Waals surface area contributed by atoms with Gasteiger partial charge in [0.2, 0.25) is 0 Å². The number of ketones is 1. The second kappa shape index (κ2) is 4.89. The minimum Gasteiger partial charge on any atom is -0.370 e. The Morgan fingerprint density at radius 2 is 1.93 bits per heavy atom. The van der Waals surface area contributed by atoms with Gasteiger partial charge in [0.25, 0.3) is 0 Å². The predicted molar refractivity (Wildman–Crippen MR) is 54.2 cm³/mol. The van der Waals surface area contributed by atoms with Gasteiger partial charge in [0.05, 0.1) is 6.10 Å². The van der Waals surface area contributed by atoms with E-state index in [0.29, 0.717) is 24.4 Å². The van der Waals surface area contributed by atoms with Crippen LogP contribution in [0, 0.1) is 5.92 Å². The van der Waals surface area contributed by atoms with Gasteiger partial charge in [-0.2, -0.15) is 0 Å². The summed E-state index contributed by atoms with van der Waals surface area (Å²) in [6, 6.07) is 0. The first-order valence-corrected chi connectivity index (χ1v) is 5.68. The van der Waals surface area contributed by atoms with Crippen molar-refractivity contribution in [3.8, 4) is 0 Å². The summed E-state index contributed by atoms with van der Waals surface area (Å²) in [5.74, 6) is 0.991. The van der Waals surface area contributed by atoms with Gasteiger partial charge in [-0.15, -0.1) is 0 Å². The summed E-state index contributed by atoms with van der Waals surface area (Å²) in [7, 11) is 0. The summed E-state index contributed by atoms with van der Waals surface area (Å²) in [5, 5.41) is 3.28.